The highest BCUT2D eigenvalue weighted by Crippen LogP contribution is 2.25. The van der Waals surface area contributed by atoms with Crippen LogP contribution in [0, 0.1) is 6.92 Å². The van der Waals surface area contributed by atoms with Crippen LogP contribution in [0.1, 0.15) is 23.7 Å². The second-order valence-corrected chi connectivity index (χ2v) is 5.20. The molecule has 0 fully saturated rings. The summed E-state index contributed by atoms with van der Waals surface area (Å²) in [5.41, 5.74) is 1.89. The molecule has 2 nitrogen and oxygen atoms in total. The third-order valence-electron chi connectivity index (χ3n) is 2.99. The minimum Gasteiger partial charge on any atom is -0.385 e. The van der Waals surface area contributed by atoms with Gasteiger partial charge in [0.2, 0.25) is 0 Å². The Kier molecular flexibility index (Phi) is 3.69. The van der Waals surface area contributed by atoms with E-state index in [0.717, 1.165) is 16.8 Å². The summed E-state index contributed by atoms with van der Waals surface area (Å²) in [6.45, 7) is 3.73. The lowest BCUT2D eigenvalue weighted by Crippen LogP contribution is -2.24. The zero-order valence-electron chi connectivity index (χ0n) is 10.5. The molecule has 1 aromatic carbocycles. The molecule has 1 atom stereocenters. The number of benzene rings is 1. The fraction of sp³-hybridized carbons (Fsp3) is 0.267. The number of aromatic nitrogens is 1. The van der Waals surface area contributed by atoms with Crippen molar-refractivity contribution in [3.05, 3.63) is 64.4 Å². The Morgan fingerprint density at radius 3 is 2.39 bits per heavy atom. The number of rotatable bonds is 3. The third kappa shape index (κ3) is 3.09. The van der Waals surface area contributed by atoms with Gasteiger partial charge >= 0.3 is 0 Å². The van der Waals surface area contributed by atoms with Crippen LogP contribution in [0.5, 0.6) is 0 Å². The highest BCUT2D eigenvalue weighted by atomic mass is 35.5. The molecule has 3 heteroatoms. The Hall–Kier alpha value is -1.38. The van der Waals surface area contributed by atoms with Crippen LogP contribution in [0.25, 0.3) is 0 Å². The first-order valence-corrected chi connectivity index (χ1v) is 6.25. The number of aryl methyl sites for hydroxylation is 1. The van der Waals surface area contributed by atoms with Gasteiger partial charge in [0.15, 0.2) is 0 Å². The maximum absolute atomic E-state index is 10.5. The molecule has 1 N–H and O–H groups in total. The van der Waals surface area contributed by atoms with Gasteiger partial charge in [-0.25, -0.2) is 0 Å². The van der Waals surface area contributed by atoms with Crippen molar-refractivity contribution >= 4 is 11.6 Å². The molecule has 0 radical (unpaired) electrons. The molecule has 1 unspecified atom stereocenters. The van der Waals surface area contributed by atoms with E-state index >= 15 is 0 Å². The van der Waals surface area contributed by atoms with Gasteiger partial charge in [-0.1, -0.05) is 29.8 Å². The van der Waals surface area contributed by atoms with Crippen molar-refractivity contribution in [1.29, 1.82) is 0 Å². The monoisotopic (exact) mass is 261 g/mol. The molecular formula is C15H16ClNO. The van der Waals surface area contributed by atoms with Gasteiger partial charge in [-0.05, 0) is 37.6 Å². The van der Waals surface area contributed by atoms with Crippen molar-refractivity contribution in [2.75, 3.05) is 0 Å². The summed E-state index contributed by atoms with van der Waals surface area (Å²) in [5, 5.41) is 11.2. The summed E-state index contributed by atoms with van der Waals surface area (Å²) in [4.78, 5) is 4.22. The number of aliphatic hydroxyl groups is 1. The summed E-state index contributed by atoms with van der Waals surface area (Å²) in [5.74, 6) is 0. The molecule has 1 aromatic heterocycles. The van der Waals surface area contributed by atoms with Crippen LogP contribution >= 0.6 is 11.6 Å². The average molecular weight is 262 g/mol. The molecule has 0 saturated heterocycles. The van der Waals surface area contributed by atoms with Crippen LogP contribution in [0.4, 0.5) is 0 Å². The molecular weight excluding hydrogens is 246 g/mol. The minimum atomic E-state index is -0.922. The maximum Gasteiger partial charge on any atom is 0.0923 e. The van der Waals surface area contributed by atoms with Gasteiger partial charge < -0.3 is 5.11 Å². The Labute approximate surface area is 112 Å². The first kappa shape index (κ1) is 13.1. The van der Waals surface area contributed by atoms with Crippen molar-refractivity contribution in [3.8, 4) is 0 Å². The van der Waals surface area contributed by atoms with Crippen LogP contribution in [0.2, 0.25) is 5.02 Å². The number of hydrogen-bond acceptors (Lipinski definition) is 2. The summed E-state index contributed by atoms with van der Waals surface area (Å²) >= 11 is 5.84. The highest BCUT2D eigenvalue weighted by Gasteiger charge is 2.23. The molecule has 0 aliphatic heterocycles. The molecule has 0 saturated carbocycles. The van der Waals surface area contributed by atoms with Gasteiger partial charge in [0.1, 0.15) is 0 Å². The van der Waals surface area contributed by atoms with Crippen LogP contribution in [-0.2, 0) is 12.0 Å². The van der Waals surface area contributed by atoms with Gasteiger partial charge in [0.05, 0.1) is 5.60 Å². The molecule has 0 amide bonds. The number of pyridine rings is 1. The Morgan fingerprint density at radius 1 is 1.17 bits per heavy atom. The predicted molar refractivity (Wildman–Crippen MR) is 73.7 cm³/mol. The van der Waals surface area contributed by atoms with E-state index in [1.165, 1.54) is 0 Å². The quantitative estimate of drug-likeness (QED) is 0.917. The van der Waals surface area contributed by atoms with E-state index < -0.39 is 5.60 Å². The molecule has 0 aliphatic rings. The van der Waals surface area contributed by atoms with Crippen molar-refractivity contribution in [3.63, 3.8) is 0 Å². The lowest BCUT2D eigenvalue weighted by molar-refractivity contribution is 0.0572. The van der Waals surface area contributed by atoms with Gasteiger partial charge in [-0.15, -0.1) is 0 Å². The fourth-order valence-electron chi connectivity index (χ4n) is 1.89. The molecule has 0 spiro atoms. The summed E-state index contributed by atoms with van der Waals surface area (Å²) in [7, 11) is 0. The lowest BCUT2D eigenvalue weighted by Gasteiger charge is -2.23. The molecule has 2 aromatic rings. The molecule has 2 rings (SSSR count). The number of halogens is 1. The topological polar surface area (TPSA) is 33.1 Å². The van der Waals surface area contributed by atoms with Crippen molar-refractivity contribution < 1.29 is 5.11 Å². The normalized spacial score (nSPS) is 14.2. The number of nitrogens with zero attached hydrogens (tertiary/aromatic N) is 1. The van der Waals surface area contributed by atoms with E-state index in [2.05, 4.69) is 4.98 Å². The van der Waals surface area contributed by atoms with Crippen molar-refractivity contribution in [2.24, 2.45) is 0 Å². The SMILES string of the molecule is Cc1ccc(C(C)(O)Cc2ccc(Cl)cc2)cn1. The summed E-state index contributed by atoms with van der Waals surface area (Å²) in [6, 6.07) is 11.3. The third-order valence-corrected chi connectivity index (χ3v) is 3.25. The minimum absolute atomic E-state index is 0.537. The van der Waals surface area contributed by atoms with Crippen molar-refractivity contribution in [1.82, 2.24) is 4.98 Å². The second-order valence-electron chi connectivity index (χ2n) is 4.77. The van der Waals surface area contributed by atoms with Gasteiger partial charge in [-0.2, -0.15) is 0 Å². The van der Waals surface area contributed by atoms with E-state index in [4.69, 9.17) is 11.6 Å². The Bertz CT molecular complexity index is 517. The van der Waals surface area contributed by atoms with Crippen molar-refractivity contribution in [2.45, 2.75) is 25.9 Å². The zero-order chi connectivity index (χ0) is 13.2. The Morgan fingerprint density at radius 2 is 1.83 bits per heavy atom. The predicted octanol–water partition coefficient (Wildman–Crippen LogP) is 3.49. The van der Waals surface area contributed by atoms with Gasteiger partial charge in [-0.3, -0.25) is 4.98 Å². The molecule has 0 aliphatic carbocycles. The van der Waals surface area contributed by atoms with Crippen LogP contribution < -0.4 is 0 Å². The molecule has 0 bridgehead atoms. The van der Waals surface area contributed by atoms with Crippen LogP contribution in [0.15, 0.2) is 42.6 Å². The van der Waals surface area contributed by atoms with Gasteiger partial charge in [0.25, 0.3) is 0 Å². The van der Waals surface area contributed by atoms with E-state index in [-0.39, 0.29) is 0 Å². The molecule has 18 heavy (non-hydrogen) atoms. The van der Waals surface area contributed by atoms with Crippen LogP contribution in [-0.4, -0.2) is 10.1 Å². The zero-order valence-corrected chi connectivity index (χ0v) is 11.3. The van der Waals surface area contributed by atoms with Crippen LogP contribution in [0.3, 0.4) is 0 Å². The smallest absolute Gasteiger partial charge is 0.0923 e. The largest absolute Gasteiger partial charge is 0.385 e. The standard InChI is InChI=1S/C15H16ClNO/c1-11-3-6-13(10-17-11)15(2,18)9-12-4-7-14(16)8-5-12/h3-8,10,18H,9H2,1-2H3. The first-order valence-electron chi connectivity index (χ1n) is 5.87. The number of hydrogen-bond donors (Lipinski definition) is 1. The van der Waals surface area contributed by atoms with E-state index in [1.807, 2.05) is 43.3 Å². The second kappa shape index (κ2) is 5.09. The Balaban J connectivity index is 2.20. The first-order chi connectivity index (χ1) is 8.47. The van der Waals surface area contributed by atoms with Gasteiger partial charge in [0, 0.05) is 28.9 Å². The molecule has 1 heterocycles. The highest BCUT2D eigenvalue weighted by molar-refractivity contribution is 6.30. The fourth-order valence-corrected chi connectivity index (χ4v) is 2.01. The van der Waals surface area contributed by atoms with E-state index in [1.54, 1.807) is 13.1 Å². The lowest BCUT2D eigenvalue weighted by atomic mass is 9.90. The molecule has 94 valence electrons. The summed E-state index contributed by atoms with van der Waals surface area (Å²) in [6.07, 6.45) is 2.26. The maximum atomic E-state index is 10.5. The van der Waals surface area contributed by atoms with E-state index in [9.17, 15) is 5.11 Å². The summed E-state index contributed by atoms with van der Waals surface area (Å²) < 4.78 is 0. The van der Waals surface area contributed by atoms with E-state index in [0.29, 0.717) is 11.4 Å². The average Bonchev–Trinajstić information content (AvgIpc) is 2.32.